The predicted molar refractivity (Wildman–Crippen MR) is 29.6 cm³/mol. The predicted octanol–water partition coefficient (Wildman–Crippen LogP) is 0.908. The maximum atomic E-state index is 5.08. The molecule has 0 saturated heterocycles. The first-order valence-corrected chi connectivity index (χ1v) is 2.18. The molecule has 0 aliphatic rings. The van der Waals surface area contributed by atoms with E-state index in [0.717, 1.165) is 12.7 Å². The molecular weight excluding hydrogens is 77.8 g/mol. The Morgan fingerprint density at radius 2 is 2.40 bits per heavy atom. The molecule has 0 amide bonds. The van der Waals surface area contributed by atoms with Gasteiger partial charge in [-0.3, -0.25) is 0 Å². The Bertz CT molecular complexity index is 28.1. The van der Waals surface area contributed by atoms with E-state index in [4.69, 9.17) is 7.85 Å². The lowest BCUT2D eigenvalue weighted by molar-refractivity contribution is 1.34. The van der Waals surface area contributed by atoms with Crippen LogP contribution in [-0.2, 0) is 0 Å². The molecule has 2 heteroatoms. The van der Waals surface area contributed by atoms with Crippen molar-refractivity contribution in [1.29, 1.82) is 0 Å². The molecule has 0 aliphatic carbocycles. The Balaban J connectivity index is 2.40. The topological polar surface area (TPSA) is 0 Å². The highest BCUT2D eigenvalue weighted by Crippen LogP contribution is 1.76. The number of hydrogen-bond acceptors (Lipinski definition) is 0. The van der Waals surface area contributed by atoms with E-state index >= 15 is 0 Å². The van der Waals surface area contributed by atoms with E-state index in [0.29, 0.717) is 0 Å². The van der Waals surface area contributed by atoms with E-state index < -0.39 is 0 Å². The zero-order valence-corrected chi connectivity index (χ0v) is 4.07. The normalized spacial score (nSPS) is 7.20. The van der Waals surface area contributed by atoms with Gasteiger partial charge in [-0.25, -0.2) is 0 Å². The fourth-order valence-electron chi connectivity index (χ4n) is 0.0833. The van der Waals surface area contributed by atoms with Crippen LogP contribution in [0.25, 0.3) is 0 Å². The molecule has 26 valence electrons. The summed E-state index contributed by atoms with van der Waals surface area (Å²) in [6.07, 6.45) is 1.69. The third-order valence-electron chi connectivity index (χ3n) is 0.311. The van der Waals surface area contributed by atoms with E-state index in [1.807, 2.05) is 5.80 Å². The fourth-order valence-corrected chi connectivity index (χ4v) is 0.250. The molecule has 2 radical (unpaired) electrons. The molecule has 0 heterocycles. The van der Waals surface area contributed by atoms with Crippen LogP contribution in [0.3, 0.4) is 0 Å². The summed E-state index contributed by atoms with van der Waals surface area (Å²) in [5.74, 6) is 1.86. The van der Waals surface area contributed by atoms with Gasteiger partial charge in [0.25, 0.3) is 0 Å². The van der Waals surface area contributed by atoms with Crippen molar-refractivity contribution < 1.29 is 0 Å². The lowest BCUT2D eigenvalue weighted by Crippen LogP contribution is -1.65. The van der Waals surface area contributed by atoms with Gasteiger partial charge in [0.05, 0.1) is 7.85 Å². The van der Waals surface area contributed by atoms with Crippen LogP contribution >= 0.6 is 8.86 Å². The molecule has 0 aromatic rings. The molecule has 0 fully saturated rings. The van der Waals surface area contributed by atoms with E-state index in [9.17, 15) is 0 Å². The highest BCUT2D eigenvalue weighted by molar-refractivity contribution is 7.18. The molecule has 0 bridgehead atoms. The molecule has 0 nitrogen and oxygen atoms in total. The molecule has 0 saturated carbocycles. The lowest BCUT2D eigenvalue weighted by atomic mass is 10.0. The summed E-state index contributed by atoms with van der Waals surface area (Å²) in [5.41, 5.74) is 0. The zero-order valence-electron chi connectivity index (χ0n) is 3.07. The zero-order chi connectivity index (χ0) is 4.12. The summed E-state index contributed by atoms with van der Waals surface area (Å²) in [6, 6.07) is 0. The van der Waals surface area contributed by atoms with Crippen LogP contribution in [-0.4, -0.2) is 13.6 Å². The smallest absolute Gasteiger partial charge is 0.0657 e. The highest BCUT2D eigenvalue weighted by atomic mass is 31.0. The molecule has 0 unspecified atom stereocenters. The summed E-state index contributed by atoms with van der Waals surface area (Å²) >= 11 is 0. The van der Waals surface area contributed by atoms with Crippen LogP contribution in [0.15, 0.2) is 0 Å². The minimum atomic E-state index is 0.740. The molecule has 0 aliphatic heterocycles. The Labute approximate surface area is 36.2 Å². The maximum absolute atomic E-state index is 5.08. The molecule has 5 heavy (non-hydrogen) atoms. The van der Waals surface area contributed by atoms with Gasteiger partial charge in [-0.2, -0.15) is 0 Å². The van der Waals surface area contributed by atoms with Gasteiger partial charge in [0.2, 0.25) is 0 Å². The van der Waals surface area contributed by atoms with Gasteiger partial charge in [0, 0.05) is 0 Å². The van der Waals surface area contributed by atoms with Crippen LogP contribution in [0.1, 0.15) is 6.42 Å². The van der Waals surface area contributed by atoms with Crippen molar-refractivity contribution in [2.24, 2.45) is 0 Å². The molecule has 0 aromatic heterocycles. The standard InChI is InChI=1S/C3H6BP/c4-2-1-3-5/h3,5H,1-2H2. The quantitative estimate of drug-likeness (QED) is 0.344. The van der Waals surface area contributed by atoms with Crippen molar-refractivity contribution in [3.05, 3.63) is 0 Å². The Morgan fingerprint density at radius 3 is 2.40 bits per heavy atom. The minimum absolute atomic E-state index is 0.740. The second-order valence-electron chi connectivity index (χ2n) is 0.781. The minimum Gasteiger partial charge on any atom is -0.127 e. The van der Waals surface area contributed by atoms with Crippen molar-refractivity contribution in [2.75, 3.05) is 0 Å². The van der Waals surface area contributed by atoms with Crippen molar-refractivity contribution in [1.82, 2.24) is 0 Å². The molecule has 0 aromatic carbocycles. The third-order valence-corrected chi connectivity index (χ3v) is 0.600. The van der Waals surface area contributed by atoms with Gasteiger partial charge in [-0.15, -0.1) is 8.86 Å². The summed E-state index contributed by atoms with van der Waals surface area (Å²) in [5, 5.41) is 0. The second kappa shape index (κ2) is 4.23. The first kappa shape index (κ1) is 5.23. The second-order valence-corrected chi connectivity index (χ2v) is 1.19. The molecule has 0 atom stereocenters. The van der Waals surface area contributed by atoms with Crippen LogP contribution in [0.5, 0.6) is 0 Å². The number of hydrogen-bond donors (Lipinski definition) is 0. The summed E-state index contributed by atoms with van der Waals surface area (Å²) in [4.78, 5) is 0. The Hall–Kier alpha value is 0.235. The Kier molecular flexibility index (Phi) is 4.43. The summed E-state index contributed by atoms with van der Waals surface area (Å²) in [6.45, 7) is 0. The SMILES string of the molecule is [B]CCC=P. The average Bonchev–Trinajstić information content (AvgIpc) is 1.41. The van der Waals surface area contributed by atoms with Crippen LogP contribution in [0.4, 0.5) is 0 Å². The number of rotatable bonds is 2. The van der Waals surface area contributed by atoms with Crippen molar-refractivity contribution in [2.45, 2.75) is 12.7 Å². The molecule has 0 rings (SSSR count). The van der Waals surface area contributed by atoms with Crippen LogP contribution in [0.2, 0.25) is 6.32 Å². The maximum Gasteiger partial charge on any atom is 0.0657 e. The fraction of sp³-hybridized carbons (Fsp3) is 0.667. The van der Waals surface area contributed by atoms with Gasteiger partial charge in [0.1, 0.15) is 0 Å². The van der Waals surface area contributed by atoms with Gasteiger partial charge >= 0.3 is 0 Å². The highest BCUT2D eigenvalue weighted by Gasteiger charge is 1.62. The van der Waals surface area contributed by atoms with Crippen LogP contribution < -0.4 is 0 Å². The van der Waals surface area contributed by atoms with E-state index in [2.05, 4.69) is 8.86 Å². The van der Waals surface area contributed by atoms with E-state index in [1.165, 1.54) is 0 Å². The van der Waals surface area contributed by atoms with Crippen molar-refractivity contribution >= 4 is 22.5 Å². The summed E-state index contributed by atoms with van der Waals surface area (Å²) < 4.78 is 0. The van der Waals surface area contributed by atoms with Gasteiger partial charge < -0.3 is 0 Å². The first-order chi connectivity index (χ1) is 2.41. The van der Waals surface area contributed by atoms with Gasteiger partial charge in [0.15, 0.2) is 0 Å². The molecule has 0 N–H and O–H groups in total. The average molecular weight is 83.9 g/mol. The van der Waals surface area contributed by atoms with Crippen molar-refractivity contribution in [3.63, 3.8) is 0 Å². The van der Waals surface area contributed by atoms with Gasteiger partial charge in [-0.05, 0) is 6.42 Å². The molecular formula is C3H6BP. The van der Waals surface area contributed by atoms with Gasteiger partial charge in [-0.1, -0.05) is 12.1 Å². The van der Waals surface area contributed by atoms with E-state index in [1.54, 1.807) is 0 Å². The Morgan fingerprint density at radius 1 is 1.80 bits per heavy atom. The van der Waals surface area contributed by atoms with Crippen LogP contribution in [0, 0.1) is 0 Å². The molecule has 0 spiro atoms. The lowest BCUT2D eigenvalue weighted by Gasteiger charge is -1.72. The monoisotopic (exact) mass is 84.0 g/mol. The van der Waals surface area contributed by atoms with Crippen molar-refractivity contribution in [3.8, 4) is 0 Å². The summed E-state index contributed by atoms with van der Waals surface area (Å²) in [7, 11) is 8.22. The third kappa shape index (κ3) is 4.23. The first-order valence-electron chi connectivity index (χ1n) is 1.61. The van der Waals surface area contributed by atoms with E-state index in [-0.39, 0.29) is 0 Å². The largest absolute Gasteiger partial charge is 0.127 e.